The van der Waals surface area contributed by atoms with Crippen LogP contribution < -0.4 is 10.1 Å². The summed E-state index contributed by atoms with van der Waals surface area (Å²) >= 11 is 0. The summed E-state index contributed by atoms with van der Waals surface area (Å²) in [7, 11) is 0. The summed E-state index contributed by atoms with van der Waals surface area (Å²) in [5.41, 5.74) is 1.26. The number of hydrogen-bond donors (Lipinski definition) is 2. The summed E-state index contributed by atoms with van der Waals surface area (Å²) in [4.78, 5) is 4.28. The minimum Gasteiger partial charge on any atom is -0.490 e. The predicted octanol–water partition coefficient (Wildman–Crippen LogP) is 1.70. The van der Waals surface area contributed by atoms with E-state index in [4.69, 9.17) is 9.84 Å². The molecule has 3 atom stereocenters. The van der Waals surface area contributed by atoms with Crippen molar-refractivity contribution in [3.05, 3.63) is 24.0 Å². The Morgan fingerprint density at radius 3 is 3.16 bits per heavy atom. The molecule has 2 heterocycles. The van der Waals surface area contributed by atoms with Gasteiger partial charge in [0.25, 0.3) is 0 Å². The standard InChI is InChI=1S/C15H22N2O2/c18-5-3-11-7-15(11)12-6-14(9-16-8-12)19-10-13-2-1-4-17-13/h6,8-9,11,13,15,17-18H,1-5,7,10H2. The third-order valence-corrected chi connectivity index (χ3v) is 4.20. The van der Waals surface area contributed by atoms with E-state index in [0.717, 1.165) is 25.3 Å². The monoisotopic (exact) mass is 262 g/mol. The van der Waals surface area contributed by atoms with Crippen molar-refractivity contribution in [3.63, 3.8) is 0 Å². The second kappa shape index (κ2) is 5.88. The summed E-state index contributed by atoms with van der Waals surface area (Å²) in [6.45, 7) is 2.13. The zero-order chi connectivity index (χ0) is 13.1. The summed E-state index contributed by atoms with van der Waals surface area (Å²) in [5.74, 6) is 2.09. The molecule has 19 heavy (non-hydrogen) atoms. The zero-order valence-electron chi connectivity index (χ0n) is 11.2. The minimum absolute atomic E-state index is 0.290. The molecule has 4 nitrogen and oxygen atoms in total. The van der Waals surface area contributed by atoms with Gasteiger partial charge in [0.2, 0.25) is 0 Å². The number of pyridine rings is 1. The van der Waals surface area contributed by atoms with Crippen LogP contribution in [0, 0.1) is 5.92 Å². The first-order valence-electron chi connectivity index (χ1n) is 7.29. The number of aliphatic hydroxyl groups excluding tert-OH is 1. The third-order valence-electron chi connectivity index (χ3n) is 4.20. The third kappa shape index (κ3) is 3.25. The molecule has 3 unspecified atom stereocenters. The van der Waals surface area contributed by atoms with E-state index in [-0.39, 0.29) is 6.61 Å². The fourth-order valence-electron chi connectivity index (χ4n) is 2.95. The first kappa shape index (κ1) is 12.9. The number of aliphatic hydroxyl groups is 1. The van der Waals surface area contributed by atoms with E-state index in [9.17, 15) is 0 Å². The van der Waals surface area contributed by atoms with Crippen molar-refractivity contribution >= 4 is 0 Å². The van der Waals surface area contributed by atoms with Crippen LogP contribution in [0.5, 0.6) is 5.75 Å². The van der Waals surface area contributed by atoms with Crippen LogP contribution in [0.4, 0.5) is 0 Å². The molecule has 1 aliphatic heterocycles. The lowest BCUT2D eigenvalue weighted by atomic mass is 10.1. The van der Waals surface area contributed by atoms with Gasteiger partial charge in [-0.3, -0.25) is 4.98 Å². The van der Waals surface area contributed by atoms with Crippen LogP contribution in [0.25, 0.3) is 0 Å². The predicted molar refractivity (Wildman–Crippen MR) is 73.3 cm³/mol. The highest BCUT2D eigenvalue weighted by Crippen LogP contribution is 2.49. The average Bonchev–Trinajstić information content (AvgIpc) is 3.01. The van der Waals surface area contributed by atoms with Crippen molar-refractivity contribution in [2.45, 2.75) is 37.6 Å². The van der Waals surface area contributed by atoms with Crippen molar-refractivity contribution in [2.75, 3.05) is 19.8 Å². The minimum atomic E-state index is 0.290. The van der Waals surface area contributed by atoms with Crippen LogP contribution in [0.1, 0.15) is 37.2 Å². The van der Waals surface area contributed by atoms with Crippen molar-refractivity contribution in [1.82, 2.24) is 10.3 Å². The zero-order valence-corrected chi connectivity index (χ0v) is 11.2. The molecule has 3 rings (SSSR count). The van der Waals surface area contributed by atoms with Gasteiger partial charge in [-0.15, -0.1) is 0 Å². The Hall–Kier alpha value is -1.13. The van der Waals surface area contributed by atoms with Gasteiger partial charge in [-0.05, 0) is 55.7 Å². The Balaban J connectivity index is 1.54. The van der Waals surface area contributed by atoms with Crippen molar-refractivity contribution < 1.29 is 9.84 Å². The molecule has 1 aromatic heterocycles. The highest BCUT2D eigenvalue weighted by atomic mass is 16.5. The molecule has 2 fully saturated rings. The Bertz CT molecular complexity index is 418. The molecule has 0 amide bonds. The summed E-state index contributed by atoms with van der Waals surface area (Å²) in [6.07, 6.45) is 8.26. The van der Waals surface area contributed by atoms with Crippen molar-refractivity contribution in [3.8, 4) is 5.75 Å². The van der Waals surface area contributed by atoms with Crippen LogP contribution in [0.15, 0.2) is 18.5 Å². The highest BCUT2D eigenvalue weighted by molar-refractivity contribution is 5.30. The SMILES string of the molecule is OCCC1CC1c1cncc(OCC2CCCN2)c1. The Morgan fingerprint density at radius 2 is 2.37 bits per heavy atom. The van der Waals surface area contributed by atoms with Crippen LogP contribution in [-0.2, 0) is 0 Å². The molecule has 0 aromatic carbocycles. The lowest BCUT2D eigenvalue weighted by Gasteiger charge is -2.12. The first-order chi connectivity index (χ1) is 9.36. The number of ether oxygens (including phenoxy) is 1. The lowest BCUT2D eigenvalue weighted by molar-refractivity contribution is 0.275. The Kier molecular flexibility index (Phi) is 3.99. The molecule has 0 radical (unpaired) electrons. The van der Waals surface area contributed by atoms with E-state index in [1.54, 1.807) is 6.20 Å². The van der Waals surface area contributed by atoms with Gasteiger partial charge in [0, 0.05) is 18.8 Å². The molecule has 4 heteroatoms. The van der Waals surface area contributed by atoms with E-state index in [2.05, 4.69) is 16.4 Å². The van der Waals surface area contributed by atoms with Gasteiger partial charge in [-0.1, -0.05) is 0 Å². The summed E-state index contributed by atoms with van der Waals surface area (Å²) < 4.78 is 5.83. The van der Waals surface area contributed by atoms with Gasteiger partial charge in [0.05, 0.1) is 6.20 Å². The van der Waals surface area contributed by atoms with E-state index in [0.29, 0.717) is 17.9 Å². The van der Waals surface area contributed by atoms with Gasteiger partial charge < -0.3 is 15.2 Å². The van der Waals surface area contributed by atoms with Crippen molar-refractivity contribution in [2.24, 2.45) is 5.92 Å². The number of hydrogen-bond acceptors (Lipinski definition) is 4. The molecule has 0 bridgehead atoms. The van der Waals surface area contributed by atoms with E-state index in [1.165, 1.54) is 24.8 Å². The molecule has 1 saturated heterocycles. The molecule has 0 spiro atoms. The van der Waals surface area contributed by atoms with Crippen LogP contribution in [0.3, 0.4) is 0 Å². The van der Waals surface area contributed by atoms with E-state index in [1.807, 2.05) is 6.20 Å². The number of nitrogens with zero attached hydrogens (tertiary/aromatic N) is 1. The second-order valence-electron chi connectivity index (χ2n) is 5.67. The highest BCUT2D eigenvalue weighted by Gasteiger charge is 2.37. The summed E-state index contributed by atoms with van der Waals surface area (Å²) in [5, 5.41) is 12.4. The van der Waals surface area contributed by atoms with Gasteiger partial charge in [0.15, 0.2) is 0 Å². The first-order valence-corrected chi connectivity index (χ1v) is 7.29. The maximum Gasteiger partial charge on any atom is 0.137 e. The van der Waals surface area contributed by atoms with Crippen molar-refractivity contribution in [1.29, 1.82) is 0 Å². The molecule has 1 aliphatic carbocycles. The quantitative estimate of drug-likeness (QED) is 0.819. The maximum absolute atomic E-state index is 8.95. The van der Waals surface area contributed by atoms with Crippen LogP contribution >= 0.6 is 0 Å². The van der Waals surface area contributed by atoms with Crippen LogP contribution in [0.2, 0.25) is 0 Å². The Morgan fingerprint density at radius 1 is 1.42 bits per heavy atom. The molecular weight excluding hydrogens is 240 g/mol. The molecule has 2 aliphatic rings. The second-order valence-corrected chi connectivity index (χ2v) is 5.67. The number of nitrogens with one attached hydrogen (secondary N) is 1. The molecule has 104 valence electrons. The molecule has 1 aromatic rings. The number of rotatable bonds is 6. The van der Waals surface area contributed by atoms with E-state index >= 15 is 0 Å². The van der Waals surface area contributed by atoms with Gasteiger partial charge in [-0.25, -0.2) is 0 Å². The number of aromatic nitrogens is 1. The maximum atomic E-state index is 8.95. The van der Waals surface area contributed by atoms with Gasteiger partial charge in [0.1, 0.15) is 12.4 Å². The van der Waals surface area contributed by atoms with Gasteiger partial charge >= 0.3 is 0 Å². The largest absolute Gasteiger partial charge is 0.490 e. The molecule has 1 saturated carbocycles. The van der Waals surface area contributed by atoms with E-state index < -0.39 is 0 Å². The normalized spacial score (nSPS) is 29.4. The average molecular weight is 262 g/mol. The fraction of sp³-hybridized carbons (Fsp3) is 0.667. The fourth-order valence-corrected chi connectivity index (χ4v) is 2.95. The topological polar surface area (TPSA) is 54.4 Å². The molecular formula is C15H22N2O2. The molecule has 2 N–H and O–H groups in total. The Labute approximate surface area is 114 Å². The lowest BCUT2D eigenvalue weighted by Crippen LogP contribution is -2.28. The van der Waals surface area contributed by atoms with Gasteiger partial charge in [-0.2, -0.15) is 0 Å². The summed E-state index contributed by atoms with van der Waals surface area (Å²) in [6, 6.07) is 2.61. The van der Waals surface area contributed by atoms with Crippen LogP contribution in [-0.4, -0.2) is 35.9 Å². The smallest absolute Gasteiger partial charge is 0.137 e.